The summed E-state index contributed by atoms with van der Waals surface area (Å²) in [4.78, 5) is 35.3. The lowest BCUT2D eigenvalue weighted by Crippen LogP contribution is -2.17. The maximum atomic E-state index is 14.7. The van der Waals surface area contributed by atoms with Crippen LogP contribution < -0.4 is 10.6 Å². The van der Waals surface area contributed by atoms with Crippen LogP contribution in [0.5, 0.6) is 0 Å². The van der Waals surface area contributed by atoms with E-state index >= 15 is 0 Å². The van der Waals surface area contributed by atoms with Gasteiger partial charge in [-0.05, 0) is 50.5 Å². The molecular weight excluding hydrogens is 491 g/mol. The van der Waals surface area contributed by atoms with Crippen molar-refractivity contribution in [1.82, 2.24) is 19.4 Å². The molecule has 2 aromatic heterocycles. The summed E-state index contributed by atoms with van der Waals surface area (Å²) < 4.78 is 16.5. The monoisotopic (exact) mass is 512 g/mol. The number of imidazole rings is 1. The minimum Gasteiger partial charge on any atom is -0.323 e. The van der Waals surface area contributed by atoms with Crippen molar-refractivity contribution in [2.45, 2.75) is 13.0 Å². The Kier molecular flexibility index (Phi) is 7.54. The Hall–Kier alpha value is -3.60. The van der Waals surface area contributed by atoms with Crippen LogP contribution in [0.3, 0.4) is 0 Å². The number of carbonyl (C=O) groups excluding carboxylic acids is 2. The number of rotatable bonds is 8. The fourth-order valence-corrected chi connectivity index (χ4v) is 4.13. The summed E-state index contributed by atoms with van der Waals surface area (Å²) in [5.74, 6) is -0.544. The van der Waals surface area contributed by atoms with Crippen LogP contribution in [0.4, 0.5) is 15.2 Å². The lowest BCUT2D eigenvalue weighted by Gasteiger charge is -2.13. The molecule has 8 nitrogen and oxygen atoms in total. The van der Waals surface area contributed by atoms with E-state index in [1.54, 1.807) is 52.7 Å². The highest BCUT2D eigenvalue weighted by Crippen LogP contribution is 2.21. The summed E-state index contributed by atoms with van der Waals surface area (Å²) in [7, 11) is 3.86. The van der Waals surface area contributed by atoms with E-state index in [1.165, 1.54) is 23.5 Å². The summed E-state index contributed by atoms with van der Waals surface area (Å²) in [6.07, 6.45) is 3.35. The number of carbonyl (C=O) groups is 2. The molecule has 0 spiro atoms. The predicted molar refractivity (Wildman–Crippen MR) is 135 cm³/mol. The molecule has 0 radical (unpaired) electrons. The van der Waals surface area contributed by atoms with Gasteiger partial charge in [-0.25, -0.2) is 14.4 Å². The molecule has 0 aliphatic carbocycles. The number of amides is 2. The number of hydrogen-bond donors (Lipinski definition) is 2. The number of nitrogens with one attached hydrogen (secondary N) is 2. The highest BCUT2D eigenvalue weighted by atomic mass is 35.5. The third-order valence-electron chi connectivity index (χ3n) is 4.90. The van der Waals surface area contributed by atoms with Gasteiger partial charge in [-0.1, -0.05) is 11.6 Å². The smallest absolute Gasteiger partial charge is 0.257 e. The van der Waals surface area contributed by atoms with Gasteiger partial charge in [-0.2, -0.15) is 0 Å². The fourth-order valence-electron chi connectivity index (χ4n) is 3.30. The second-order valence-corrected chi connectivity index (χ2v) is 9.24. The van der Waals surface area contributed by atoms with Crippen molar-refractivity contribution in [3.05, 3.63) is 88.2 Å². The van der Waals surface area contributed by atoms with Crippen LogP contribution in [0, 0.1) is 5.82 Å². The molecule has 0 bridgehead atoms. The molecule has 2 aromatic carbocycles. The molecule has 180 valence electrons. The largest absolute Gasteiger partial charge is 0.323 e. The molecule has 0 saturated carbocycles. The zero-order valence-electron chi connectivity index (χ0n) is 19.0. The third-order valence-corrected chi connectivity index (χ3v) is 5.96. The summed E-state index contributed by atoms with van der Waals surface area (Å²) in [5.41, 5.74) is 1.57. The Morgan fingerprint density at radius 3 is 2.63 bits per heavy atom. The Bertz CT molecular complexity index is 1350. The van der Waals surface area contributed by atoms with Crippen molar-refractivity contribution >= 4 is 45.6 Å². The number of hydrogen-bond acceptors (Lipinski definition) is 6. The minimum atomic E-state index is -0.561. The highest BCUT2D eigenvalue weighted by molar-refractivity contribution is 7.14. The van der Waals surface area contributed by atoms with Crippen molar-refractivity contribution < 1.29 is 14.0 Å². The first-order valence-electron chi connectivity index (χ1n) is 10.6. The van der Waals surface area contributed by atoms with Gasteiger partial charge in [0.05, 0.1) is 24.3 Å². The van der Waals surface area contributed by atoms with E-state index in [0.29, 0.717) is 33.6 Å². The molecule has 35 heavy (non-hydrogen) atoms. The second kappa shape index (κ2) is 10.8. The van der Waals surface area contributed by atoms with E-state index in [1.807, 2.05) is 19.0 Å². The van der Waals surface area contributed by atoms with Crippen molar-refractivity contribution in [2.24, 2.45) is 0 Å². The molecule has 2 heterocycles. The number of aromatic nitrogens is 3. The zero-order valence-corrected chi connectivity index (χ0v) is 20.5. The third kappa shape index (κ3) is 6.30. The molecule has 2 amide bonds. The quantitative estimate of drug-likeness (QED) is 0.359. The van der Waals surface area contributed by atoms with Crippen LogP contribution in [0.1, 0.15) is 21.9 Å². The summed E-state index contributed by atoms with van der Waals surface area (Å²) in [6.45, 7) is 0.600. The van der Waals surface area contributed by atoms with E-state index in [0.717, 1.165) is 5.82 Å². The van der Waals surface area contributed by atoms with Gasteiger partial charge in [0.1, 0.15) is 11.6 Å². The van der Waals surface area contributed by atoms with E-state index < -0.39 is 11.7 Å². The van der Waals surface area contributed by atoms with Crippen molar-refractivity contribution in [3.8, 4) is 5.69 Å². The van der Waals surface area contributed by atoms with Crippen LogP contribution in [0.2, 0.25) is 5.02 Å². The fraction of sp³-hybridized carbons (Fsp3) is 0.167. The molecule has 0 atom stereocenters. The predicted octanol–water partition coefficient (Wildman–Crippen LogP) is 4.62. The Morgan fingerprint density at radius 2 is 1.91 bits per heavy atom. The van der Waals surface area contributed by atoms with E-state index in [4.69, 9.17) is 11.6 Å². The molecule has 4 aromatic rings. The average molecular weight is 513 g/mol. The number of halogens is 2. The van der Waals surface area contributed by atoms with Crippen LogP contribution in [0.25, 0.3) is 5.69 Å². The normalized spacial score (nSPS) is 11.0. The highest BCUT2D eigenvalue weighted by Gasteiger charge is 2.14. The van der Waals surface area contributed by atoms with Gasteiger partial charge >= 0.3 is 0 Å². The van der Waals surface area contributed by atoms with Gasteiger partial charge < -0.3 is 14.8 Å². The van der Waals surface area contributed by atoms with Crippen molar-refractivity contribution in [2.75, 3.05) is 24.7 Å². The van der Waals surface area contributed by atoms with E-state index in [-0.39, 0.29) is 18.0 Å². The number of nitrogens with zero attached hydrogens (tertiary/aromatic N) is 4. The van der Waals surface area contributed by atoms with Crippen LogP contribution >= 0.6 is 22.9 Å². The number of anilines is 2. The van der Waals surface area contributed by atoms with Gasteiger partial charge in [0, 0.05) is 40.1 Å². The molecule has 0 aliphatic rings. The molecule has 0 unspecified atom stereocenters. The molecule has 0 saturated heterocycles. The van der Waals surface area contributed by atoms with Crippen molar-refractivity contribution in [1.29, 1.82) is 0 Å². The summed E-state index contributed by atoms with van der Waals surface area (Å²) in [5, 5.41) is 7.83. The lowest BCUT2D eigenvalue weighted by molar-refractivity contribution is -0.115. The van der Waals surface area contributed by atoms with Gasteiger partial charge in [0.2, 0.25) is 5.91 Å². The van der Waals surface area contributed by atoms with E-state index in [9.17, 15) is 14.0 Å². The Labute approximate surface area is 210 Å². The van der Waals surface area contributed by atoms with E-state index in [2.05, 4.69) is 20.6 Å². The molecule has 2 N–H and O–H groups in total. The molecule has 4 rings (SSSR count). The zero-order chi connectivity index (χ0) is 24.9. The number of benzene rings is 2. The van der Waals surface area contributed by atoms with Gasteiger partial charge in [0.15, 0.2) is 5.13 Å². The van der Waals surface area contributed by atoms with Crippen LogP contribution in [0.15, 0.2) is 60.2 Å². The Morgan fingerprint density at radius 1 is 1.14 bits per heavy atom. The van der Waals surface area contributed by atoms with Gasteiger partial charge in [0.25, 0.3) is 5.91 Å². The maximum absolute atomic E-state index is 14.7. The molecule has 11 heteroatoms. The standard InChI is InChI=1S/C24H22ClFN6O2S/c1-31(2)13-21-27-9-10-32(21)18-7-8-20(19(26)12-18)29-22(33)11-17-14-35-24(28-17)30-23(34)15-3-5-16(25)6-4-15/h3-10,12,14H,11,13H2,1-2H3,(H,29,33)(H,28,30,34). The molecule has 0 fully saturated rings. The Balaban J connectivity index is 1.37. The van der Waals surface area contributed by atoms with Crippen LogP contribution in [-0.4, -0.2) is 45.3 Å². The summed E-state index contributed by atoms with van der Waals surface area (Å²) in [6, 6.07) is 11.0. The van der Waals surface area contributed by atoms with Crippen molar-refractivity contribution in [3.63, 3.8) is 0 Å². The average Bonchev–Trinajstić information content (AvgIpc) is 3.44. The topological polar surface area (TPSA) is 92.2 Å². The minimum absolute atomic E-state index is 0.0665. The lowest BCUT2D eigenvalue weighted by atomic mass is 10.2. The second-order valence-electron chi connectivity index (χ2n) is 7.95. The SMILES string of the molecule is CN(C)Cc1nccn1-c1ccc(NC(=O)Cc2csc(NC(=O)c3ccc(Cl)cc3)n2)c(F)c1. The van der Waals surface area contributed by atoms with Gasteiger partial charge in [-0.3, -0.25) is 14.9 Å². The van der Waals surface area contributed by atoms with Crippen LogP contribution in [-0.2, 0) is 17.8 Å². The first-order valence-corrected chi connectivity index (χ1v) is 11.8. The first kappa shape index (κ1) is 24.5. The first-order chi connectivity index (χ1) is 16.8. The maximum Gasteiger partial charge on any atom is 0.257 e. The van der Waals surface area contributed by atoms with Gasteiger partial charge in [-0.15, -0.1) is 11.3 Å². The summed E-state index contributed by atoms with van der Waals surface area (Å²) >= 11 is 7.04. The molecule has 0 aliphatic heterocycles. The number of thiazole rings is 1. The molecular formula is C24H22ClFN6O2S.